The summed E-state index contributed by atoms with van der Waals surface area (Å²) in [6, 6.07) is 0. The molecule has 3 saturated carbocycles. The van der Waals surface area contributed by atoms with Gasteiger partial charge in [0.1, 0.15) is 0 Å². The van der Waals surface area contributed by atoms with E-state index < -0.39 is 11.7 Å². The molecule has 4 aliphatic rings. The maximum atomic E-state index is 10.8. The van der Waals surface area contributed by atoms with Gasteiger partial charge in [0, 0.05) is 5.41 Å². The number of aliphatic hydroxyl groups excluding tert-OH is 2. The molecule has 0 unspecified atom stereocenters. The highest BCUT2D eigenvalue weighted by Crippen LogP contribution is 2.73. The van der Waals surface area contributed by atoms with Crippen molar-refractivity contribution in [2.45, 2.75) is 137 Å². The zero-order valence-corrected chi connectivity index (χ0v) is 22.8. The molecule has 3 heteroatoms. The molecule has 0 amide bonds. The average Bonchev–Trinajstić information content (AvgIpc) is 2.70. The molecular weight excluding hydrogens is 408 g/mol. The van der Waals surface area contributed by atoms with E-state index in [1.54, 1.807) is 19.4 Å². The molecule has 3 nitrogen and oxygen atoms in total. The van der Waals surface area contributed by atoms with Gasteiger partial charge < -0.3 is 15.3 Å². The highest BCUT2D eigenvalue weighted by molar-refractivity contribution is 5.30. The predicted molar refractivity (Wildman–Crippen MR) is 136 cm³/mol. The lowest BCUT2D eigenvalue weighted by atomic mass is 9.35. The van der Waals surface area contributed by atoms with Crippen LogP contribution in [0.1, 0.15) is 120 Å². The van der Waals surface area contributed by atoms with Gasteiger partial charge in [0.2, 0.25) is 0 Å². The first-order chi connectivity index (χ1) is 15.0. The number of aliphatic hydroxyl groups is 3. The van der Waals surface area contributed by atoms with Crippen LogP contribution >= 0.6 is 0 Å². The smallest absolute Gasteiger partial charge is 0.0849 e. The maximum absolute atomic E-state index is 10.8. The quantitative estimate of drug-likeness (QED) is 0.412. The van der Waals surface area contributed by atoms with E-state index in [2.05, 4.69) is 47.6 Å². The van der Waals surface area contributed by atoms with Gasteiger partial charge in [-0.3, -0.25) is 0 Å². The summed E-state index contributed by atoms with van der Waals surface area (Å²) in [6.07, 6.45) is 12.9. The molecule has 3 N–H and O–H groups in total. The Morgan fingerprint density at radius 1 is 1.00 bits per heavy atom. The molecule has 0 aliphatic heterocycles. The van der Waals surface area contributed by atoms with Crippen LogP contribution in [-0.2, 0) is 0 Å². The normalized spacial score (nSPS) is 48.2. The lowest BCUT2D eigenvalue weighted by Gasteiger charge is -2.69. The first-order valence-electron chi connectivity index (χ1n) is 13.8. The number of hydrogen-bond donors (Lipinski definition) is 3. The van der Waals surface area contributed by atoms with Gasteiger partial charge >= 0.3 is 0 Å². The van der Waals surface area contributed by atoms with Crippen LogP contribution in [-0.4, -0.2) is 33.1 Å². The fourth-order valence-electron chi connectivity index (χ4n) is 9.33. The highest BCUT2D eigenvalue weighted by atomic mass is 16.3. The van der Waals surface area contributed by atoms with Crippen LogP contribution in [0.15, 0.2) is 11.6 Å². The topological polar surface area (TPSA) is 60.7 Å². The predicted octanol–water partition coefficient (Wildman–Crippen LogP) is 6.64. The van der Waals surface area contributed by atoms with Crippen LogP contribution in [0.5, 0.6) is 0 Å². The SMILES string of the molecule is CC(C)(O)[C@H](O)CC[C@]1(C)CC[C@]2(C)[C@H]3CC=C4[C@@H](CC[C@H](O)C4(C)C)[C@]3(C)CC[C@@]2(C)C1. The second kappa shape index (κ2) is 7.81. The molecule has 4 aliphatic carbocycles. The third kappa shape index (κ3) is 3.87. The van der Waals surface area contributed by atoms with Crippen LogP contribution in [0, 0.1) is 38.9 Å². The molecule has 0 saturated heterocycles. The van der Waals surface area contributed by atoms with Crippen LogP contribution in [0.25, 0.3) is 0 Å². The van der Waals surface area contributed by atoms with Crippen LogP contribution in [0.3, 0.4) is 0 Å². The lowest BCUT2D eigenvalue weighted by molar-refractivity contribution is -0.185. The van der Waals surface area contributed by atoms with E-state index in [0.717, 1.165) is 19.3 Å². The minimum Gasteiger partial charge on any atom is -0.392 e. The molecule has 0 aromatic carbocycles. The number of allylic oxidation sites excluding steroid dienone is 1. The van der Waals surface area contributed by atoms with Crippen LogP contribution in [0.4, 0.5) is 0 Å². The highest BCUT2D eigenvalue weighted by Gasteiger charge is 2.65. The largest absolute Gasteiger partial charge is 0.392 e. The Morgan fingerprint density at radius 2 is 1.67 bits per heavy atom. The molecule has 3 fully saturated rings. The summed E-state index contributed by atoms with van der Waals surface area (Å²) in [5, 5.41) is 31.4. The molecule has 0 heterocycles. The van der Waals surface area contributed by atoms with E-state index in [1.165, 1.54) is 38.5 Å². The van der Waals surface area contributed by atoms with E-state index in [4.69, 9.17) is 0 Å². The molecule has 33 heavy (non-hydrogen) atoms. The van der Waals surface area contributed by atoms with E-state index in [9.17, 15) is 15.3 Å². The number of fused-ring (bicyclic) bond motifs is 5. The van der Waals surface area contributed by atoms with Crippen molar-refractivity contribution in [3.05, 3.63) is 11.6 Å². The summed E-state index contributed by atoms with van der Waals surface area (Å²) in [5.74, 6) is 1.32. The summed E-state index contributed by atoms with van der Waals surface area (Å²) in [6.45, 7) is 18.2. The summed E-state index contributed by atoms with van der Waals surface area (Å²) in [7, 11) is 0. The van der Waals surface area contributed by atoms with Crippen molar-refractivity contribution in [1.29, 1.82) is 0 Å². The number of rotatable bonds is 4. The number of hydrogen-bond acceptors (Lipinski definition) is 3. The fourth-order valence-corrected chi connectivity index (χ4v) is 9.33. The van der Waals surface area contributed by atoms with Crippen molar-refractivity contribution < 1.29 is 15.3 Å². The summed E-state index contributed by atoms with van der Waals surface area (Å²) in [4.78, 5) is 0. The summed E-state index contributed by atoms with van der Waals surface area (Å²) in [5.41, 5.74) is 1.65. The second-order valence-electron chi connectivity index (χ2n) is 15.0. The maximum Gasteiger partial charge on any atom is 0.0849 e. The van der Waals surface area contributed by atoms with Gasteiger partial charge in [-0.15, -0.1) is 0 Å². The van der Waals surface area contributed by atoms with E-state index in [0.29, 0.717) is 34.5 Å². The summed E-state index contributed by atoms with van der Waals surface area (Å²) >= 11 is 0. The average molecular weight is 461 g/mol. The van der Waals surface area contributed by atoms with Crippen molar-refractivity contribution in [2.24, 2.45) is 38.9 Å². The molecule has 0 aromatic rings. The molecule has 0 aromatic heterocycles. The molecule has 190 valence electrons. The van der Waals surface area contributed by atoms with E-state index in [1.807, 2.05) is 0 Å². The van der Waals surface area contributed by atoms with E-state index in [-0.39, 0.29) is 16.9 Å². The molecule has 0 bridgehead atoms. The zero-order chi connectivity index (χ0) is 24.7. The Labute approximate surface area is 203 Å². The van der Waals surface area contributed by atoms with Gasteiger partial charge in [-0.2, -0.15) is 0 Å². The molecule has 0 radical (unpaired) electrons. The van der Waals surface area contributed by atoms with Crippen molar-refractivity contribution in [3.63, 3.8) is 0 Å². The third-order valence-electron chi connectivity index (χ3n) is 12.1. The van der Waals surface area contributed by atoms with Crippen molar-refractivity contribution in [2.75, 3.05) is 0 Å². The lowest BCUT2D eigenvalue weighted by Crippen LogP contribution is -2.61. The molecule has 0 spiro atoms. The Hall–Kier alpha value is -0.380. The standard InChI is InChI=1S/C30H52O3/c1-25(2)20-9-11-22-29(7,21(20)10-12-23(25)31)17-16-28(6)19-27(5,15-18-30(22,28)8)14-13-24(32)26(3,4)33/h9,21-24,31-33H,10-19H2,1-8H3/t21-,22+,23+,24-,27-,28+,29+,30-/m1/s1. The Morgan fingerprint density at radius 3 is 2.30 bits per heavy atom. The molecular formula is C30H52O3. The first-order valence-corrected chi connectivity index (χ1v) is 13.8. The van der Waals surface area contributed by atoms with Gasteiger partial charge in [0.05, 0.1) is 17.8 Å². The minimum atomic E-state index is -1.02. The third-order valence-corrected chi connectivity index (χ3v) is 12.1. The van der Waals surface area contributed by atoms with Gasteiger partial charge in [0.25, 0.3) is 0 Å². The second-order valence-corrected chi connectivity index (χ2v) is 15.0. The molecule has 8 atom stereocenters. The van der Waals surface area contributed by atoms with E-state index >= 15 is 0 Å². The Balaban J connectivity index is 1.58. The van der Waals surface area contributed by atoms with Gasteiger partial charge in [-0.1, -0.05) is 53.2 Å². The van der Waals surface area contributed by atoms with Crippen molar-refractivity contribution >= 4 is 0 Å². The van der Waals surface area contributed by atoms with Gasteiger partial charge in [-0.05, 0) is 112 Å². The summed E-state index contributed by atoms with van der Waals surface area (Å²) < 4.78 is 0. The Bertz CT molecular complexity index is 793. The van der Waals surface area contributed by atoms with Crippen molar-refractivity contribution in [3.8, 4) is 0 Å². The van der Waals surface area contributed by atoms with Crippen molar-refractivity contribution in [1.82, 2.24) is 0 Å². The Kier molecular flexibility index (Phi) is 6.08. The van der Waals surface area contributed by atoms with Crippen LogP contribution < -0.4 is 0 Å². The zero-order valence-electron chi connectivity index (χ0n) is 22.8. The van der Waals surface area contributed by atoms with Gasteiger partial charge in [0.15, 0.2) is 0 Å². The minimum absolute atomic E-state index is 0.0923. The fraction of sp³-hybridized carbons (Fsp3) is 0.933. The first kappa shape index (κ1) is 25.7. The monoisotopic (exact) mass is 460 g/mol. The van der Waals surface area contributed by atoms with Crippen LogP contribution in [0.2, 0.25) is 0 Å². The van der Waals surface area contributed by atoms with Gasteiger partial charge in [-0.25, -0.2) is 0 Å². The molecule has 4 rings (SSSR count).